The highest BCUT2D eigenvalue weighted by molar-refractivity contribution is 4.83. The number of ether oxygens (including phenoxy) is 1. The van der Waals surface area contributed by atoms with E-state index in [0.717, 1.165) is 6.42 Å². The van der Waals surface area contributed by atoms with Gasteiger partial charge in [0.15, 0.2) is 0 Å². The molecule has 0 aromatic carbocycles. The zero-order chi connectivity index (χ0) is 11.0. The van der Waals surface area contributed by atoms with Crippen molar-refractivity contribution in [3.8, 4) is 6.07 Å². The Kier molecular flexibility index (Phi) is 7.40. The Morgan fingerprint density at radius 2 is 2.14 bits per heavy atom. The van der Waals surface area contributed by atoms with Gasteiger partial charge < -0.3 is 9.84 Å². The summed E-state index contributed by atoms with van der Waals surface area (Å²) in [4.78, 5) is 0. The SMILES string of the molecule is CCO[C@@H](C)C(O)C(CC)NCC#N. The Morgan fingerprint density at radius 1 is 1.50 bits per heavy atom. The minimum absolute atomic E-state index is 0.0730. The molecule has 0 fully saturated rings. The van der Waals surface area contributed by atoms with Gasteiger partial charge in [-0.25, -0.2) is 0 Å². The average molecular weight is 200 g/mol. The maximum Gasteiger partial charge on any atom is 0.0951 e. The lowest BCUT2D eigenvalue weighted by molar-refractivity contribution is -0.0379. The Hall–Kier alpha value is -0.630. The first kappa shape index (κ1) is 13.4. The lowest BCUT2D eigenvalue weighted by Crippen LogP contribution is -2.46. The molecule has 4 heteroatoms. The quantitative estimate of drug-likeness (QED) is 0.593. The number of nitriles is 1. The highest BCUT2D eigenvalue weighted by Crippen LogP contribution is 2.06. The van der Waals surface area contributed by atoms with Gasteiger partial charge in [-0.1, -0.05) is 6.92 Å². The van der Waals surface area contributed by atoms with Crippen LogP contribution in [0.1, 0.15) is 27.2 Å². The van der Waals surface area contributed by atoms with Gasteiger partial charge in [-0.05, 0) is 20.3 Å². The van der Waals surface area contributed by atoms with Crippen LogP contribution in [0.4, 0.5) is 0 Å². The van der Waals surface area contributed by atoms with Crippen LogP contribution in [0, 0.1) is 11.3 Å². The monoisotopic (exact) mass is 200 g/mol. The summed E-state index contributed by atoms with van der Waals surface area (Å²) in [5, 5.41) is 21.2. The van der Waals surface area contributed by atoms with Crippen LogP contribution in [0.2, 0.25) is 0 Å². The molecule has 0 spiro atoms. The maximum absolute atomic E-state index is 9.84. The largest absolute Gasteiger partial charge is 0.389 e. The van der Waals surface area contributed by atoms with Crippen molar-refractivity contribution in [3.63, 3.8) is 0 Å². The van der Waals surface area contributed by atoms with E-state index < -0.39 is 6.10 Å². The third-order valence-electron chi connectivity index (χ3n) is 2.21. The Morgan fingerprint density at radius 3 is 2.57 bits per heavy atom. The lowest BCUT2D eigenvalue weighted by Gasteiger charge is -2.26. The van der Waals surface area contributed by atoms with Gasteiger partial charge in [0.2, 0.25) is 0 Å². The predicted molar refractivity (Wildman–Crippen MR) is 54.8 cm³/mol. The summed E-state index contributed by atoms with van der Waals surface area (Å²) < 4.78 is 5.29. The number of hydrogen-bond donors (Lipinski definition) is 2. The van der Waals surface area contributed by atoms with Crippen LogP contribution in [0.15, 0.2) is 0 Å². The Balaban J connectivity index is 4.02. The molecule has 0 rings (SSSR count). The molecule has 0 bridgehead atoms. The molecule has 0 radical (unpaired) electrons. The minimum Gasteiger partial charge on any atom is -0.389 e. The van der Waals surface area contributed by atoms with Crippen molar-refractivity contribution in [1.82, 2.24) is 5.32 Å². The van der Waals surface area contributed by atoms with Crippen LogP contribution in [-0.2, 0) is 4.74 Å². The topological polar surface area (TPSA) is 65.3 Å². The molecule has 0 aliphatic heterocycles. The normalized spacial score (nSPS) is 17.1. The van der Waals surface area contributed by atoms with Gasteiger partial charge >= 0.3 is 0 Å². The van der Waals surface area contributed by atoms with Gasteiger partial charge in [-0.3, -0.25) is 5.32 Å². The summed E-state index contributed by atoms with van der Waals surface area (Å²) in [6, 6.07) is 1.92. The van der Waals surface area contributed by atoms with E-state index in [1.807, 2.05) is 26.8 Å². The molecule has 0 saturated heterocycles. The van der Waals surface area contributed by atoms with Crippen molar-refractivity contribution in [1.29, 1.82) is 5.26 Å². The molecule has 0 heterocycles. The summed E-state index contributed by atoms with van der Waals surface area (Å²) in [5.74, 6) is 0. The van der Waals surface area contributed by atoms with Crippen LogP contribution in [-0.4, -0.2) is 36.5 Å². The molecule has 14 heavy (non-hydrogen) atoms. The fourth-order valence-electron chi connectivity index (χ4n) is 1.37. The average Bonchev–Trinajstić information content (AvgIpc) is 2.19. The van der Waals surface area contributed by atoms with E-state index >= 15 is 0 Å². The minimum atomic E-state index is -0.562. The van der Waals surface area contributed by atoms with Gasteiger partial charge in [0.1, 0.15) is 0 Å². The predicted octanol–water partition coefficient (Wildman–Crippen LogP) is 0.664. The molecule has 0 saturated carbocycles. The molecule has 0 aromatic heterocycles. The smallest absolute Gasteiger partial charge is 0.0951 e. The van der Waals surface area contributed by atoms with Crippen LogP contribution in [0.25, 0.3) is 0 Å². The molecule has 4 nitrogen and oxygen atoms in total. The van der Waals surface area contributed by atoms with Crippen LogP contribution >= 0.6 is 0 Å². The summed E-state index contributed by atoms with van der Waals surface area (Å²) in [6.07, 6.45) is 0.0183. The van der Waals surface area contributed by atoms with E-state index in [1.54, 1.807) is 0 Å². The molecule has 3 atom stereocenters. The van der Waals surface area contributed by atoms with E-state index in [-0.39, 0.29) is 18.7 Å². The first-order valence-corrected chi connectivity index (χ1v) is 5.07. The summed E-state index contributed by atoms with van der Waals surface area (Å²) in [7, 11) is 0. The first-order valence-electron chi connectivity index (χ1n) is 5.07. The fraction of sp³-hybridized carbons (Fsp3) is 0.900. The standard InChI is InChI=1S/C10H20N2O2/c1-4-9(12-7-6-11)10(13)8(3)14-5-2/h8-10,12-13H,4-5,7H2,1-3H3/t8-,9?,10?/m0/s1. The van der Waals surface area contributed by atoms with Crippen molar-refractivity contribution in [2.24, 2.45) is 0 Å². The number of rotatable bonds is 7. The van der Waals surface area contributed by atoms with Crippen molar-refractivity contribution in [3.05, 3.63) is 0 Å². The fourth-order valence-corrected chi connectivity index (χ4v) is 1.37. The second-order valence-corrected chi connectivity index (χ2v) is 3.20. The second kappa shape index (κ2) is 7.74. The maximum atomic E-state index is 9.84. The first-order chi connectivity index (χ1) is 6.67. The van der Waals surface area contributed by atoms with Crippen LogP contribution in [0.5, 0.6) is 0 Å². The third kappa shape index (κ3) is 4.56. The Bertz CT molecular complexity index is 179. The van der Waals surface area contributed by atoms with E-state index in [4.69, 9.17) is 10.00 Å². The highest BCUT2D eigenvalue weighted by atomic mass is 16.5. The van der Waals surface area contributed by atoms with Crippen LogP contribution < -0.4 is 5.32 Å². The Labute approximate surface area is 85.9 Å². The van der Waals surface area contributed by atoms with E-state index in [1.165, 1.54) is 0 Å². The van der Waals surface area contributed by atoms with E-state index in [9.17, 15) is 5.11 Å². The van der Waals surface area contributed by atoms with Crippen molar-refractivity contribution >= 4 is 0 Å². The molecule has 2 N–H and O–H groups in total. The number of nitrogens with one attached hydrogen (secondary N) is 1. The van der Waals surface area contributed by atoms with Crippen molar-refractivity contribution in [2.75, 3.05) is 13.2 Å². The second-order valence-electron chi connectivity index (χ2n) is 3.20. The number of aliphatic hydroxyl groups is 1. The zero-order valence-electron chi connectivity index (χ0n) is 9.16. The third-order valence-corrected chi connectivity index (χ3v) is 2.21. The number of aliphatic hydroxyl groups excluding tert-OH is 1. The van der Waals surface area contributed by atoms with Gasteiger partial charge in [0.25, 0.3) is 0 Å². The number of nitrogens with zero attached hydrogens (tertiary/aromatic N) is 1. The summed E-state index contributed by atoms with van der Waals surface area (Å²) in [6.45, 7) is 6.55. The van der Waals surface area contributed by atoms with Crippen molar-refractivity contribution < 1.29 is 9.84 Å². The van der Waals surface area contributed by atoms with Gasteiger partial charge in [0.05, 0.1) is 24.8 Å². The van der Waals surface area contributed by atoms with E-state index in [0.29, 0.717) is 6.61 Å². The molecule has 2 unspecified atom stereocenters. The molecule has 0 aliphatic carbocycles. The molecule has 0 amide bonds. The molecule has 82 valence electrons. The highest BCUT2D eigenvalue weighted by Gasteiger charge is 2.22. The molecular weight excluding hydrogens is 180 g/mol. The summed E-state index contributed by atoms with van der Waals surface area (Å²) >= 11 is 0. The molecule has 0 aromatic rings. The molecular formula is C10H20N2O2. The van der Waals surface area contributed by atoms with Gasteiger partial charge in [0, 0.05) is 12.6 Å². The van der Waals surface area contributed by atoms with Crippen LogP contribution in [0.3, 0.4) is 0 Å². The lowest BCUT2D eigenvalue weighted by atomic mass is 10.0. The molecule has 0 aliphatic rings. The summed E-state index contributed by atoms with van der Waals surface area (Å²) in [5.41, 5.74) is 0. The van der Waals surface area contributed by atoms with E-state index in [2.05, 4.69) is 5.32 Å². The van der Waals surface area contributed by atoms with Gasteiger partial charge in [-0.15, -0.1) is 0 Å². The number of hydrogen-bond acceptors (Lipinski definition) is 4. The zero-order valence-corrected chi connectivity index (χ0v) is 9.16. The van der Waals surface area contributed by atoms with Crippen molar-refractivity contribution in [2.45, 2.75) is 45.4 Å². The van der Waals surface area contributed by atoms with Gasteiger partial charge in [-0.2, -0.15) is 5.26 Å².